The summed E-state index contributed by atoms with van der Waals surface area (Å²) in [5.74, 6) is 1.11. The standard InChI is InChI=1S/C12H21N3O2/c1-4-10(6-8-16)14-12-13-7-5-11(15-12)17-9(2)3/h5,7,9-10,16H,4,6,8H2,1-3H3,(H,13,14,15). The van der Waals surface area contributed by atoms with Crippen LogP contribution in [-0.4, -0.2) is 33.8 Å². The number of rotatable bonds is 7. The summed E-state index contributed by atoms with van der Waals surface area (Å²) in [5.41, 5.74) is 0. The molecular formula is C12H21N3O2. The summed E-state index contributed by atoms with van der Waals surface area (Å²) < 4.78 is 5.49. The van der Waals surface area contributed by atoms with Crippen LogP contribution in [0.15, 0.2) is 12.3 Å². The van der Waals surface area contributed by atoms with Gasteiger partial charge in [-0.1, -0.05) is 6.92 Å². The fourth-order valence-corrected chi connectivity index (χ4v) is 1.44. The molecule has 96 valence electrons. The molecule has 1 heterocycles. The normalized spacial score (nSPS) is 12.5. The second-order valence-electron chi connectivity index (χ2n) is 4.15. The zero-order valence-corrected chi connectivity index (χ0v) is 10.7. The molecule has 0 fully saturated rings. The third-order valence-corrected chi connectivity index (χ3v) is 2.29. The van der Waals surface area contributed by atoms with Crippen LogP contribution in [-0.2, 0) is 0 Å². The molecule has 0 saturated carbocycles. The Kier molecular flexibility index (Phi) is 5.69. The highest BCUT2D eigenvalue weighted by Crippen LogP contribution is 2.12. The number of nitrogens with one attached hydrogen (secondary N) is 1. The minimum Gasteiger partial charge on any atom is -0.475 e. The summed E-state index contributed by atoms with van der Waals surface area (Å²) in [5, 5.41) is 12.1. The largest absolute Gasteiger partial charge is 0.475 e. The lowest BCUT2D eigenvalue weighted by Crippen LogP contribution is -2.21. The Morgan fingerprint density at radius 2 is 2.24 bits per heavy atom. The van der Waals surface area contributed by atoms with Crippen LogP contribution in [0.5, 0.6) is 5.88 Å². The van der Waals surface area contributed by atoms with Crippen molar-refractivity contribution in [2.45, 2.75) is 45.8 Å². The number of aliphatic hydroxyl groups is 1. The molecule has 1 rings (SSSR count). The van der Waals surface area contributed by atoms with Gasteiger partial charge in [-0.3, -0.25) is 0 Å². The summed E-state index contributed by atoms with van der Waals surface area (Å²) in [7, 11) is 0. The van der Waals surface area contributed by atoms with Crippen molar-refractivity contribution in [3.63, 3.8) is 0 Å². The Bertz CT molecular complexity index is 331. The van der Waals surface area contributed by atoms with Gasteiger partial charge >= 0.3 is 0 Å². The number of hydrogen-bond donors (Lipinski definition) is 2. The van der Waals surface area contributed by atoms with Gasteiger partial charge in [-0.15, -0.1) is 0 Å². The second-order valence-corrected chi connectivity index (χ2v) is 4.15. The Hall–Kier alpha value is -1.36. The smallest absolute Gasteiger partial charge is 0.226 e. The van der Waals surface area contributed by atoms with Crippen molar-refractivity contribution in [1.29, 1.82) is 0 Å². The summed E-state index contributed by atoms with van der Waals surface area (Å²) in [6.45, 7) is 6.13. The van der Waals surface area contributed by atoms with Crippen LogP contribution in [0.25, 0.3) is 0 Å². The van der Waals surface area contributed by atoms with Crippen molar-refractivity contribution in [3.05, 3.63) is 12.3 Å². The van der Waals surface area contributed by atoms with E-state index in [9.17, 15) is 0 Å². The molecule has 0 aliphatic rings. The van der Waals surface area contributed by atoms with E-state index in [4.69, 9.17) is 9.84 Å². The number of anilines is 1. The predicted molar refractivity (Wildman–Crippen MR) is 67.2 cm³/mol. The predicted octanol–water partition coefficient (Wildman–Crippen LogP) is 1.84. The van der Waals surface area contributed by atoms with E-state index >= 15 is 0 Å². The van der Waals surface area contributed by atoms with Crippen LogP contribution in [0.1, 0.15) is 33.6 Å². The fourth-order valence-electron chi connectivity index (χ4n) is 1.44. The summed E-state index contributed by atoms with van der Waals surface area (Å²) in [6, 6.07) is 1.92. The van der Waals surface area contributed by atoms with Crippen LogP contribution < -0.4 is 10.1 Å². The van der Waals surface area contributed by atoms with Gasteiger partial charge in [0.05, 0.1) is 6.10 Å². The maximum Gasteiger partial charge on any atom is 0.226 e. The van der Waals surface area contributed by atoms with Crippen molar-refractivity contribution < 1.29 is 9.84 Å². The zero-order chi connectivity index (χ0) is 12.7. The van der Waals surface area contributed by atoms with Crippen molar-refractivity contribution in [3.8, 4) is 5.88 Å². The van der Waals surface area contributed by atoms with E-state index in [-0.39, 0.29) is 18.8 Å². The van der Waals surface area contributed by atoms with Crippen molar-refractivity contribution in [2.75, 3.05) is 11.9 Å². The van der Waals surface area contributed by atoms with Crippen LogP contribution in [0, 0.1) is 0 Å². The topological polar surface area (TPSA) is 67.3 Å². The first-order valence-electron chi connectivity index (χ1n) is 6.02. The van der Waals surface area contributed by atoms with Crippen molar-refractivity contribution in [2.24, 2.45) is 0 Å². The highest BCUT2D eigenvalue weighted by atomic mass is 16.5. The Labute approximate surface area is 102 Å². The van der Waals surface area contributed by atoms with E-state index in [1.807, 2.05) is 13.8 Å². The molecule has 1 unspecified atom stereocenters. The van der Waals surface area contributed by atoms with E-state index in [0.29, 0.717) is 18.2 Å². The SMILES string of the molecule is CCC(CCO)Nc1nccc(OC(C)C)n1. The van der Waals surface area contributed by atoms with Crippen molar-refractivity contribution in [1.82, 2.24) is 9.97 Å². The first-order valence-corrected chi connectivity index (χ1v) is 6.02. The molecule has 2 N–H and O–H groups in total. The lowest BCUT2D eigenvalue weighted by Gasteiger charge is -2.16. The minimum absolute atomic E-state index is 0.0946. The van der Waals surface area contributed by atoms with E-state index in [1.54, 1.807) is 12.3 Å². The lowest BCUT2D eigenvalue weighted by molar-refractivity contribution is 0.232. The molecule has 0 aliphatic carbocycles. The third kappa shape index (κ3) is 4.99. The Balaban J connectivity index is 2.63. The first kappa shape index (κ1) is 13.7. The summed E-state index contributed by atoms with van der Waals surface area (Å²) in [4.78, 5) is 8.39. The minimum atomic E-state index is 0.0946. The van der Waals surface area contributed by atoms with Gasteiger partial charge in [-0.2, -0.15) is 4.98 Å². The molecular weight excluding hydrogens is 218 g/mol. The van der Waals surface area contributed by atoms with E-state index in [2.05, 4.69) is 22.2 Å². The van der Waals surface area contributed by atoms with Gasteiger partial charge in [0.25, 0.3) is 0 Å². The summed E-state index contributed by atoms with van der Waals surface area (Å²) >= 11 is 0. The number of aliphatic hydroxyl groups excluding tert-OH is 1. The maximum absolute atomic E-state index is 8.91. The van der Waals surface area contributed by atoms with Gasteiger partial charge in [0.15, 0.2) is 0 Å². The Morgan fingerprint density at radius 3 is 2.82 bits per heavy atom. The zero-order valence-electron chi connectivity index (χ0n) is 10.7. The third-order valence-electron chi connectivity index (χ3n) is 2.29. The van der Waals surface area contributed by atoms with Gasteiger partial charge in [0.1, 0.15) is 0 Å². The molecule has 17 heavy (non-hydrogen) atoms. The van der Waals surface area contributed by atoms with Crippen LogP contribution >= 0.6 is 0 Å². The number of aromatic nitrogens is 2. The van der Waals surface area contributed by atoms with Gasteiger partial charge in [-0.25, -0.2) is 4.98 Å². The van der Waals surface area contributed by atoms with Gasteiger partial charge in [-0.05, 0) is 26.7 Å². The van der Waals surface area contributed by atoms with Gasteiger partial charge in [0.2, 0.25) is 11.8 Å². The highest BCUT2D eigenvalue weighted by Gasteiger charge is 2.08. The molecule has 0 bridgehead atoms. The van der Waals surface area contributed by atoms with Crippen LogP contribution in [0.2, 0.25) is 0 Å². The average Bonchev–Trinajstić information content (AvgIpc) is 2.28. The van der Waals surface area contributed by atoms with Crippen molar-refractivity contribution >= 4 is 5.95 Å². The van der Waals surface area contributed by atoms with Crippen LogP contribution in [0.4, 0.5) is 5.95 Å². The molecule has 0 aromatic carbocycles. The maximum atomic E-state index is 8.91. The molecule has 0 radical (unpaired) electrons. The highest BCUT2D eigenvalue weighted by molar-refractivity contribution is 5.28. The lowest BCUT2D eigenvalue weighted by atomic mass is 10.2. The molecule has 0 spiro atoms. The molecule has 0 aliphatic heterocycles. The van der Waals surface area contributed by atoms with E-state index < -0.39 is 0 Å². The summed E-state index contributed by atoms with van der Waals surface area (Å²) in [6.07, 6.45) is 3.37. The fraction of sp³-hybridized carbons (Fsp3) is 0.667. The monoisotopic (exact) mass is 239 g/mol. The molecule has 5 nitrogen and oxygen atoms in total. The Morgan fingerprint density at radius 1 is 1.47 bits per heavy atom. The quantitative estimate of drug-likeness (QED) is 0.760. The number of nitrogens with zero attached hydrogens (tertiary/aromatic N) is 2. The van der Waals surface area contributed by atoms with E-state index in [1.165, 1.54) is 0 Å². The van der Waals surface area contributed by atoms with E-state index in [0.717, 1.165) is 6.42 Å². The number of ether oxygens (including phenoxy) is 1. The van der Waals surface area contributed by atoms with Crippen LogP contribution in [0.3, 0.4) is 0 Å². The number of hydrogen-bond acceptors (Lipinski definition) is 5. The molecule has 5 heteroatoms. The molecule has 0 saturated heterocycles. The average molecular weight is 239 g/mol. The van der Waals surface area contributed by atoms with Gasteiger partial charge in [0, 0.05) is 24.9 Å². The molecule has 1 atom stereocenters. The molecule has 1 aromatic heterocycles. The first-order chi connectivity index (χ1) is 8.15. The van der Waals surface area contributed by atoms with Gasteiger partial charge < -0.3 is 15.2 Å². The molecule has 0 amide bonds. The molecule has 1 aromatic rings. The second kappa shape index (κ2) is 7.06.